The minimum atomic E-state index is 0.528. The second kappa shape index (κ2) is 4.53. The molecule has 94 valence electrons. The first kappa shape index (κ1) is 12.2. The quantitative estimate of drug-likeness (QED) is 0.800. The normalized spacial score (nSPS) is 26.2. The summed E-state index contributed by atoms with van der Waals surface area (Å²) in [5.41, 5.74) is 7.83. The zero-order valence-corrected chi connectivity index (χ0v) is 11.1. The lowest BCUT2D eigenvalue weighted by atomic mass is 10.1. The highest BCUT2D eigenvalue weighted by Crippen LogP contribution is 2.25. The molecule has 1 aliphatic heterocycles. The van der Waals surface area contributed by atoms with Gasteiger partial charge in [-0.2, -0.15) is 0 Å². The molecule has 2 rings (SSSR count). The van der Waals surface area contributed by atoms with Crippen molar-refractivity contribution in [1.29, 1.82) is 0 Å². The van der Waals surface area contributed by atoms with Crippen molar-refractivity contribution < 1.29 is 0 Å². The van der Waals surface area contributed by atoms with Gasteiger partial charge in [-0.1, -0.05) is 0 Å². The van der Waals surface area contributed by atoms with Crippen LogP contribution < -0.4 is 10.6 Å². The van der Waals surface area contributed by atoms with Crippen molar-refractivity contribution in [1.82, 2.24) is 9.88 Å². The summed E-state index contributed by atoms with van der Waals surface area (Å²) in [6.45, 7) is 8.47. The molecule has 2 unspecified atom stereocenters. The number of nitrogens with zero attached hydrogens (tertiary/aromatic N) is 3. The summed E-state index contributed by atoms with van der Waals surface area (Å²) in [4.78, 5) is 9.28. The minimum absolute atomic E-state index is 0.528. The molecule has 4 nitrogen and oxygen atoms in total. The van der Waals surface area contributed by atoms with Crippen LogP contribution in [0, 0.1) is 6.92 Å². The molecule has 1 aromatic heterocycles. The molecule has 0 amide bonds. The Kier molecular flexibility index (Phi) is 3.24. The lowest BCUT2D eigenvalue weighted by Crippen LogP contribution is -2.55. The van der Waals surface area contributed by atoms with Gasteiger partial charge < -0.3 is 10.6 Å². The lowest BCUT2D eigenvalue weighted by Gasteiger charge is -2.43. The first-order valence-electron chi connectivity index (χ1n) is 6.19. The molecule has 0 spiro atoms. The summed E-state index contributed by atoms with van der Waals surface area (Å²) >= 11 is 0. The molecule has 1 aliphatic rings. The summed E-state index contributed by atoms with van der Waals surface area (Å²) in [5, 5.41) is 0. The van der Waals surface area contributed by atoms with Crippen LogP contribution in [0.3, 0.4) is 0 Å². The van der Waals surface area contributed by atoms with Crippen molar-refractivity contribution in [3.05, 3.63) is 17.8 Å². The fourth-order valence-corrected chi connectivity index (χ4v) is 2.38. The van der Waals surface area contributed by atoms with Gasteiger partial charge in [0.15, 0.2) is 5.82 Å². The molecular weight excluding hydrogens is 212 g/mol. The van der Waals surface area contributed by atoms with E-state index < -0.39 is 0 Å². The van der Waals surface area contributed by atoms with E-state index in [2.05, 4.69) is 35.7 Å². The maximum absolute atomic E-state index is 6.03. The predicted octanol–water partition coefficient (Wildman–Crippen LogP) is 1.50. The molecule has 4 heteroatoms. The van der Waals surface area contributed by atoms with Gasteiger partial charge in [0.2, 0.25) is 0 Å². The fourth-order valence-electron chi connectivity index (χ4n) is 2.38. The number of piperazine rings is 1. The second-order valence-corrected chi connectivity index (χ2v) is 5.13. The van der Waals surface area contributed by atoms with E-state index in [9.17, 15) is 0 Å². The SMILES string of the molecule is Cc1ccc(N)c(N2CC(C)N(C)C(C)C2)n1. The highest BCUT2D eigenvalue weighted by atomic mass is 15.3. The van der Waals surface area contributed by atoms with E-state index in [1.807, 2.05) is 19.1 Å². The van der Waals surface area contributed by atoms with Crippen LogP contribution in [0.1, 0.15) is 19.5 Å². The molecule has 0 radical (unpaired) electrons. The fraction of sp³-hybridized carbons (Fsp3) is 0.615. The average molecular weight is 234 g/mol. The summed E-state index contributed by atoms with van der Waals surface area (Å²) in [6.07, 6.45) is 0. The number of aryl methyl sites for hydroxylation is 1. The van der Waals surface area contributed by atoms with Crippen LogP contribution in [-0.2, 0) is 0 Å². The third-order valence-electron chi connectivity index (χ3n) is 3.70. The van der Waals surface area contributed by atoms with Crippen molar-refractivity contribution in [2.24, 2.45) is 0 Å². The van der Waals surface area contributed by atoms with Crippen LogP contribution in [0.25, 0.3) is 0 Å². The van der Waals surface area contributed by atoms with E-state index in [4.69, 9.17) is 5.73 Å². The number of likely N-dealkylation sites (N-methyl/N-ethyl adjacent to an activating group) is 1. The summed E-state index contributed by atoms with van der Waals surface area (Å²) in [7, 11) is 2.18. The maximum Gasteiger partial charge on any atom is 0.152 e. The molecule has 0 aromatic carbocycles. The van der Waals surface area contributed by atoms with Gasteiger partial charge in [0.25, 0.3) is 0 Å². The van der Waals surface area contributed by atoms with Gasteiger partial charge >= 0.3 is 0 Å². The number of anilines is 2. The van der Waals surface area contributed by atoms with E-state index >= 15 is 0 Å². The highest BCUT2D eigenvalue weighted by molar-refractivity contribution is 5.63. The van der Waals surface area contributed by atoms with Gasteiger partial charge in [0.1, 0.15) is 0 Å². The molecule has 2 heterocycles. The molecule has 2 N–H and O–H groups in total. The summed E-state index contributed by atoms with van der Waals surface area (Å²) in [6, 6.07) is 4.97. The molecule has 17 heavy (non-hydrogen) atoms. The van der Waals surface area contributed by atoms with Crippen molar-refractivity contribution in [3.8, 4) is 0 Å². The van der Waals surface area contributed by atoms with Crippen LogP contribution in [0.5, 0.6) is 0 Å². The van der Waals surface area contributed by atoms with E-state index in [0.717, 1.165) is 30.3 Å². The zero-order valence-electron chi connectivity index (χ0n) is 11.1. The Morgan fingerprint density at radius 3 is 2.41 bits per heavy atom. The zero-order chi connectivity index (χ0) is 12.6. The summed E-state index contributed by atoms with van der Waals surface area (Å²) < 4.78 is 0. The Balaban J connectivity index is 2.25. The molecule has 1 saturated heterocycles. The third-order valence-corrected chi connectivity index (χ3v) is 3.70. The van der Waals surface area contributed by atoms with Gasteiger partial charge in [0.05, 0.1) is 5.69 Å². The number of rotatable bonds is 1. The Morgan fingerprint density at radius 2 is 1.82 bits per heavy atom. The molecule has 1 fully saturated rings. The number of aromatic nitrogens is 1. The van der Waals surface area contributed by atoms with Gasteiger partial charge in [-0.25, -0.2) is 4.98 Å². The van der Waals surface area contributed by atoms with Crippen LogP contribution in [0.15, 0.2) is 12.1 Å². The predicted molar refractivity (Wildman–Crippen MR) is 72.3 cm³/mol. The van der Waals surface area contributed by atoms with Gasteiger partial charge in [0, 0.05) is 30.9 Å². The smallest absolute Gasteiger partial charge is 0.152 e. The lowest BCUT2D eigenvalue weighted by molar-refractivity contribution is 0.169. The first-order valence-corrected chi connectivity index (χ1v) is 6.19. The Morgan fingerprint density at radius 1 is 1.24 bits per heavy atom. The topological polar surface area (TPSA) is 45.4 Å². The Labute approximate surface area is 103 Å². The van der Waals surface area contributed by atoms with Crippen LogP contribution >= 0.6 is 0 Å². The highest BCUT2D eigenvalue weighted by Gasteiger charge is 2.28. The molecule has 1 aromatic rings. The minimum Gasteiger partial charge on any atom is -0.396 e. The number of hydrogen-bond acceptors (Lipinski definition) is 4. The van der Waals surface area contributed by atoms with Crippen LogP contribution in [0.4, 0.5) is 11.5 Å². The number of hydrogen-bond donors (Lipinski definition) is 1. The number of nitrogens with two attached hydrogens (primary N) is 1. The number of pyridine rings is 1. The molecule has 0 bridgehead atoms. The van der Waals surface area contributed by atoms with Crippen molar-refractivity contribution in [3.63, 3.8) is 0 Å². The van der Waals surface area contributed by atoms with Crippen molar-refractivity contribution in [2.45, 2.75) is 32.9 Å². The maximum atomic E-state index is 6.03. The molecule has 0 aliphatic carbocycles. The van der Waals surface area contributed by atoms with Gasteiger partial charge in [-0.05, 0) is 40.0 Å². The van der Waals surface area contributed by atoms with Crippen molar-refractivity contribution >= 4 is 11.5 Å². The van der Waals surface area contributed by atoms with Gasteiger partial charge in [-0.3, -0.25) is 4.90 Å². The second-order valence-electron chi connectivity index (χ2n) is 5.13. The monoisotopic (exact) mass is 234 g/mol. The van der Waals surface area contributed by atoms with E-state index in [1.165, 1.54) is 0 Å². The summed E-state index contributed by atoms with van der Waals surface area (Å²) in [5.74, 6) is 0.941. The number of nitrogen functional groups attached to an aromatic ring is 1. The molecule has 2 atom stereocenters. The standard InChI is InChI=1S/C13H22N4/c1-9-5-6-12(14)13(15-9)17-7-10(2)16(4)11(3)8-17/h5-6,10-11H,7-8,14H2,1-4H3. The largest absolute Gasteiger partial charge is 0.396 e. The third kappa shape index (κ3) is 2.36. The van der Waals surface area contributed by atoms with E-state index in [1.54, 1.807) is 0 Å². The van der Waals surface area contributed by atoms with E-state index in [0.29, 0.717) is 12.1 Å². The Hall–Kier alpha value is -1.29. The van der Waals surface area contributed by atoms with Crippen LogP contribution in [-0.4, -0.2) is 42.1 Å². The first-order chi connectivity index (χ1) is 7.99. The molecular formula is C13H22N4. The van der Waals surface area contributed by atoms with Crippen molar-refractivity contribution in [2.75, 3.05) is 30.8 Å². The van der Waals surface area contributed by atoms with E-state index in [-0.39, 0.29) is 0 Å². The van der Waals surface area contributed by atoms with Crippen LogP contribution in [0.2, 0.25) is 0 Å². The average Bonchev–Trinajstić information content (AvgIpc) is 2.28. The van der Waals surface area contributed by atoms with Gasteiger partial charge in [-0.15, -0.1) is 0 Å². The molecule has 0 saturated carbocycles. The Bertz CT molecular complexity index is 392.